The first-order chi connectivity index (χ1) is 11.1. The fraction of sp³-hybridized carbons (Fsp3) is 0.444. The topological polar surface area (TPSA) is 59.0 Å². The Kier molecular flexibility index (Phi) is 6.40. The van der Waals surface area contributed by atoms with E-state index in [1.807, 2.05) is 35.9 Å². The Labute approximate surface area is 149 Å². The maximum absolute atomic E-state index is 12.2. The highest BCUT2D eigenvalue weighted by molar-refractivity contribution is 5.94. The van der Waals surface area contributed by atoms with Crippen LogP contribution in [0.25, 0.3) is 0 Å². The highest BCUT2D eigenvalue weighted by Crippen LogP contribution is 2.10. The van der Waals surface area contributed by atoms with Crippen LogP contribution in [0.3, 0.4) is 0 Å². The van der Waals surface area contributed by atoms with Crippen LogP contribution in [0.2, 0.25) is 0 Å². The molecule has 0 spiro atoms. The van der Waals surface area contributed by atoms with Crippen LogP contribution in [0, 0.1) is 13.8 Å². The summed E-state index contributed by atoms with van der Waals surface area (Å²) in [5.74, 6) is -0.00337. The normalized spacial score (nSPS) is 16.7. The number of rotatable bonds is 5. The Morgan fingerprint density at radius 2 is 2.08 bits per heavy atom. The van der Waals surface area contributed by atoms with E-state index < -0.39 is 0 Å². The zero-order valence-electron chi connectivity index (χ0n) is 14.2. The lowest BCUT2D eigenvalue weighted by Crippen LogP contribution is -2.37. The number of halogens is 1. The molecule has 1 aromatic carbocycles. The number of benzene rings is 1. The number of hydrogen-bond acceptors (Lipinski definition) is 3. The Morgan fingerprint density at radius 3 is 2.67 bits per heavy atom. The van der Waals surface area contributed by atoms with Crippen molar-refractivity contribution in [1.82, 2.24) is 20.4 Å². The largest absolute Gasteiger partial charge is 0.350 e. The molecular formula is C18H25ClN4O. The minimum absolute atomic E-state index is 0. The molecule has 2 aromatic rings. The van der Waals surface area contributed by atoms with Gasteiger partial charge in [-0.25, -0.2) is 0 Å². The molecule has 0 radical (unpaired) electrons. The van der Waals surface area contributed by atoms with Crippen molar-refractivity contribution in [2.75, 3.05) is 13.1 Å². The summed E-state index contributed by atoms with van der Waals surface area (Å²) in [6.45, 7) is 6.54. The van der Waals surface area contributed by atoms with Gasteiger partial charge in [0.1, 0.15) is 0 Å². The number of carbonyl (C=O) groups is 1. The molecule has 2 heterocycles. The predicted molar refractivity (Wildman–Crippen MR) is 97.9 cm³/mol. The number of hydrogen-bond donors (Lipinski definition) is 2. The molecule has 0 saturated carbocycles. The average Bonchev–Trinajstić information content (AvgIpc) is 3.16. The fourth-order valence-electron chi connectivity index (χ4n) is 3.02. The lowest BCUT2D eigenvalue weighted by molar-refractivity contribution is 0.0950. The van der Waals surface area contributed by atoms with Crippen LogP contribution < -0.4 is 10.6 Å². The van der Waals surface area contributed by atoms with Crippen molar-refractivity contribution >= 4 is 18.3 Å². The molecule has 2 N–H and O–H groups in total. The van der Waals surface area contributed by atoms with Gasteiger partial charge >= 0.3 is 0 Å². The smallest absolute Gasteiger partial charge is 0.251 e. The molecule has 5 nitrogen and oxygen atoms in total. The standard InChI is InChI=1S/C18H24N4O.ClH/c1-13-10-14(2)22(21-13)12-15-5-7-16(8-6-15)18(23)20-11-17-4-3-9-19-17;/h5-8,10,17,19H,3-4,9,11-12H2,1-2H3,(H,20,23);1H. The maximum atomic E-state index is 12.2. The monoisotopic (exact) mass is 348 g/mol. The maximum Gasteiger partial charge on any atom is 0.251 e. The molecular weight excluding hydrogens is 324 g/mol. The second kappa shape index (κ2) is 8.31. The molecule has 1 aliphatic rings. The van der Waals surface area contributed by atoms with Crippen molar-refractivity contribution in [3.05, 3.63) is 52.8 Å². The first kappa shape index (κ1) is 18.5. The van der Waals surface area contributed by atoms with Gasteiger partial charge in [0.05, 0.1) is 12.2 Å². The highest BCUT2D eigenvalue weighted by atomic mass is 35.5. The minimum atomic E-state index is -0.00337. The van der Waals surface area contributed by atoms with E-state index in [1.54, 1.807) is 0 Å². The van der Waals surface area contributed by atoms with E-state index in [1.165, 1.54) is 6.42 Å². The van der Waals surface area contributed by atoms with Gasteiger partial charge in [-0.1, -0.05) is 12.1 Å². The van der Waals surface area contributed by atoms with Crippen LogP contribution >= 0.6 is 12.4 Å². The van der Waals surface area contributed by atoms with Gasteiger partial charge in [0.2, 0.25) is 0 Å². The third kappa shape index (κ3) is 4.58. The van der Waals surface area contributed by atoms with Gasteiger partial charge in [-0.15, -0.1) is 12.4 Å². The molecule has 0 aliphatic carbocycles. The Balaban J connectivity index is 0.00000208. The highest BCUT2D eigenvalue weighted by Gasteiger charge is 2.15. The molecule has 1 aromatic heterocycles. The van der Waals surface area contributed by atoms with Crippen molar-refractivity contribution in [3.63, 3.8) is 0 Å². The zero-order valence-corrected chi connectivity index (χ0v) is 15.0. The molecule has 1 aliphatic heterocycles. The molecule has 1 atom stereocenters. The molecule has 0 bridgehead atoms. The average molecular weight is 349 g/mol. The van der Waals surface area contributed by atoms with Crippen LogP contribution in [0.1, 0.15) is 40.2 Å². The van der Waals surface area contributed by atoms with E-state index in [2.05, 4.69) is 28.7 Å². The SMILES string of the molecule is Cc1cc(C)n(Cc2ccc(C(=O)NCC3CCCN3)cc2)n1.Cl. The van der Waals surface area contributed by atoms with E-state index >= 15 is 0 Å². The van der Waals surface area contributed by atoms with Gasteiger partial charge in [0, 0.05) is 23.8 Å². The van der Waals surface area contributed by atoms with Gasteiger partial charge in [-0.2, -0.15) is 5.10 Å². The summed E-state index contributed by atoms with van der Waals surface area (Å²) in [7, 11) is 0. The van der Waals surface area contributed by atoms with Gasteiger partial charge in [0.25, 0.3) is 5.91 Å². The summed E-state index contributed by atoms with van der Waals surface area (Å²) >= 11 is 0. The third-order valence-electron chi connectivity index (χ3n) is 4.32. The zero-order chi connectivity index (χ0) is 16.2. The van der Waals surface area contributed by atoms with Crippen molar-refractivity contribution in [2.45, 2.75) is 39.3 Å². The first-order valence-electron chi connectivity index (χ1n) is 8.23. The van der Waals surface area contributed by atoms with Crippen molar-refractivity contribution in [1.29, 1.82) is 0 Å². The summed E-state index contributed by atoms with van der Waals surface area (Å²) in [4.78, 5) is 12.2. The molecule has 1 amide bonds. The van der Waals surface area contributed by atoms with Gasteiger partial charge in [0.15, 0.2) is 0 Å². The van der Waals surface area contributed by atoms with Gasteiger partial charge < -0.3 is 10.6 Å². The van der Waals surface area contributed by atoms with Crippen molar-refractivity contribution in [3.8, 4) is 0 Å². The van der Waals surface area contributed by atoms with E-state index in [0.717, 1.165) is 36.5 Å². The van der Waals surface area contributed by atoms with Crippen LogP contribution in [-0.2, 0) is 6.54 Å². The third-order valence-corrected chi connectivity index (χ3v) is 4.32. The Morgan fingerprint density at radius 1 is 1.33 bits per heavy atom. The van der Waals surface area contributed by atoms with Crippen molar-refractivity contribution in [2.24, 2.45) is 0 Å². The molecule has 130 valence electrons. The number of aryl methyl sites for hydroxylation is 2. The molecule has 1 fully saturated rings. The molecule has 1 unspecified atom stereocenters. The number of nitrogens with zero attached hydrogens (tertiary/aromatic N) is 2. The van der Waals surface area contributed by atoms with Gasteiger partial charge in [-0.05, 0) is 57.0 Å². The first-order valence-corrected chi connectivity index (χ1v) is 8.23. The second-order valence-corrected chi connectivity index (χ2v) is 6.28. The van der Waals surface area contributed by atoms with Gasteiger partial charge in [-0.3, -0.25) is 9.48 Å². The van der Waals surface area contributed by atoms with Crippen LogP contribution in [0.4, 0.5) is 0 Å². The molecule has 24 heavy (non-hydrogen) atoms. The summed E-state index contributed by atoms with van der Waals surface area (Å²) in [6, 6.07) is 10.3. The molecule has 1 saturated heterocycles. The summed E-state index contributed by atoms with van der Waals surface area (Å²) in [5.41, 5.74) is 4.03. The lowest BCUT2D eigenvalue weighted by atomic mass is 10.1. The van der Waals surface area contributed by atoms with E-state index in [9.17, 15) is 4.79 Å². The predicted octanol–water partition coefficient (Wildman–Crippen LogP) is 2.45. The van der Waals surface area contributed by atoms with E-state index in [4.69, 9.17) is 0 Å². The number of amides is 1. The molecule has 6 heteroatoms. The fourth-order valence-corrected chi connectivity index (χ4v) is 3.02. The summed E-state index contributed by atoms with van der Waals surface area (Å²) in [5, 5.41) is 10.9. The second-order valence-electron chi connectivity index (χ2n) is 6.28. The van der Waals surface area contributed by atoms with Crippen molar-refractivity contribution < 1.29 is 4.79 Å². The van der Waals surface area contributed by atoms with Crippen LogP contribution in [-0.4, -0.2) is 34.8 Å². The lowest BCUT2D eigenvalue weighted by Gasteiger charge is -2.12. The Hall–Kier alpha value is -1.85. The summed E-state index contributed by atoms with van der Waals surface area (Å²) in [6.07, 6.45) is 2.34. The summed E-state index contributed by atoms with van der Waals surface area (Å²) < 4.78 is 1.98. The number of carbonyl (C=O) groups excluding carboxylic acids is 1. The van der Waals surface area contributed by atoms with Crippen LogP contribution in [0.15, 0.2) is 30.3 Å². The Bertz CT molecular complexity index is 675. The van der Waals surface area contributed by atoms with E-state index in [0.29, 0.717) is 18.2 Å². The number of aromatic nitrogens is 2. The minimum Gasteiger partial charge on any atom is -0.350 e. The quantitative estimate of drug-likeness (QED) is 0.872. The number of nitrogens with one attached hydrogen (secondary N) is 2. The molecule has 3 rings (SSSR count). The van der Waals surface area contributed by atoms with E-state index in [-0.39, 0.29) is 18.3 Å². The van der Waals surface area contributed by atoms with Crippen LogP contribution in [0.5, 0.6) is 0 Å².